The lowest BCUT2D eigenvalue weighted by Crippen LogP contribution is -2.31. The van der Waals surface area contributed by atoms with Crippen molar-refractivity contribution in [3.63, 3.8) is 0 Å². The number of sulfonamides is 1. The summed E-state index contributed by atoms with van der Waals surface area (Å²) in [7, 11) is -7.69. The second kappa shape index (κ2) is 8.07. The third-order valence-electron chi connectivity index (χ3n) is 3.79. The van der Waals surface area contributed by atoms with Crippen molar-refractivity contribution in [2.45, 2.75) is 14.4 Å². The highest BCUT2D eigenvalue weighted by Crippen LogP contribution is 2.31. The maximum atomic E-state index is 13.0. The van der Waals surface area contributed by atoms with E-state index in [9.17, 15) is 16.8 Å². The van der Waals surface area contributed by atoms with Crippen LogP contribution in [0.3, 0.4) is 0 Å². The highest BCUT2D eigenvalue weighted by atomic mass is 35.5. The van der Waals surface area contributed by atoms with Gasteiger partial charge in [-0.2, -0.15) is 0 Å². The summed E-state index contributed by atoms with van der Waals surface area (Å²) < 4.78 is 53.7. The largest absolute Gasteiger partial charge is 0.264 e. The van der Waals surface area contributed by atoms with E-state index in [0.717, 1.165) is 11.3 Å². The zero-order valence-electron chi connectivity index (χ0n) is 13.8. The molecule has 6 nitrogen and oxygen atoms in total. The lowest BCUT2D eigenvalue weighted by molar-refractivity contribution is 0.569. The molecule has 0 amide bonds. The Bertz CT molecular complexity index is 1100. The molecule has 3 aromatic rings. The van der Waals surface area contributed by atoms with Gasteiger partial charge in [0.1, 0.15) is 9.46 Å². The first-order chi connectivity index (χ1) is 12.8. The summed E-state index contributed by atoms with van der Waals surface area (Å²) in [6.45, 7) is -0.323. The predicted octanol–water partition coefficient (Wildman–Crippen LogP) is 3.29. The number of nitrogens with one attached hydrogen (secondary N) is 1. The molecule has 2 heterocycles. The summed E-state index contributed by atoms with van der Waals surface area (Å²) in [5.41, 5.74) is 0.407. The summed E-state index contributed by atoms with van der Waals surface area (Å²) in [6.07, 6.45) is 2.95. The second-order valence-corrected chi connectivity index (χ2v) is 11.1. The summed E-state index contributed by atoms with van der Waals surface area (Å²) in [5, 5.41) is 0.958. The fraction of sp³-hybridized carbons (Fsp3) is 0.118. The van der Waals surface area contributed by atoms with Crippen molar-refractivity contribution in [3.05, 3.63) is 76.9 Å². The molecule has 27 heavy (non-hydrogen) atoms. The molecule has 0 unspecified atom stereocenters. The van der Waals surface area contributed by atoms with Gasteiger partial charge in [-0.3, -0.25) is 4.98 Å². The topological polar surface area (TPSA) is 93.2 Å². The Morgan fingerprint density at radius 2 is 1.78 bits per heavy atom. The van der Waals surface area contributed by atoms with E-state index in [2.05, 4.69) is 9.71 Å². The van der Waals surface area contributed by atoms with Crippen LogP contribution in [0, 0.1) is 0 Å². The molecule has 142 valence electrons. The van der Waals surface area contributed by atoms with E-state index >= 15 is 0 Å². The van der Waals surface area contributed by atoms with Crippen molar-refractivity contribution in [2.75, 3.05) is 6.54 Å². The van der Waals surface area contributed by atoms with Crippen molar-refractivity contribution < 1.29 is 16.8 Å². The minimum Gasteiger partial charge on any atom is -0.264 e. The molecule has 10 heteroatoms. The van der Waals surface area contributed by atoms with E-state index in [1.54, 1.807) is 23.6 Å². The predicted molar refractivity (Wildman–Crippen MR) is 105 cm³/mol. The van der Waals surface area contributed by atoms with Crippen LogP contribution < -0.4 is 4.72 Å². The van der Waals surface area contributed by atoms with Crippen molar-refractivity contribution >= 4 is 42.8 Å². The maximum absolute atomic E-state index is 13.0. The molecule has 0 fully saturated rings. The number of hydrogen-bond acceptors (Lipinski definition) is 6. The Balaban J connectivity index is 1.92. The van der Waals surface area contributed by atoms with Gasteiger partial charge in [0.15, 0.2) is 9.84 Å². The van der Waals surface area contributed by atoms with Gasteiger partial charge in [0.05, 0.1) is 4.90 Å². The molecule has 0 aliphatic rings. The van der Waals surface area contributed by atoms with E-state index in [1.165, 1.54) is 42.7 Å². The summed E-state index contributed by atoms with van der Waals surface area (Å²) in [5.74, 6) is 0. The zero-order valence-corrected chi connectivity index (χ0v) is 17.0. The molecule has 0 spiro atoms. The lowest BCUT2D eigenvalue weighted by Gasteiger charge is -2.18. The van der Waals surface area contributed by atoms with Gasteiger partial charge in [0.2, 0.25) is 10.0 Å². The highest BCUT2D eigenvalue weighted by molar-refractivity contribution is 7.93. The minimum atomic E-state index is -3.90. The van der Waals surface area contributed by atoms with E-state index < -0.39 is 25.1 Å². The Labute approximate surface area is 166 Å². The van der Waals surface area contributed by atoms with Gasteiger partial charge in [0.25, 0.3) is 0 Å². The van der Waals surface area contributed by atoms with Crippen LogP contribution in [-0.4, -0.2) is 28.4 Å². The number of sulfone groups is 1. The quantitative estimate of drug-likeness (QED) is 0.606. The third-order valence-corrected chi connectivity index (χ3v) is 9.01. The van der Waals surface area contributed by atoms with Crippen LogP contribution >= 0.6 is 22.9 Å². The van der Waals surface area contributed by atoms with Crippen LogP contribution in [-0.2, 0) is 19.9 Å². The van der Waals surface area contributed by atoms with Gasteiger partial charge in [-0.25, -0.2) is 21.6 Å². The maximum Gasteiger partial charge on any atom is 0.240 e. The summed E-state index contributed by atoms with van der Waals surface area (Å²) in [4.78, 5) is 3.96. The van der Waals surface area contributed by atoms with Crippen LogP contribution in [0.4, 0.5) is 0 Å². The molecule has 0 bridgehead atoms. The van der Waals surface area contributed by atoms with Crippen LogP contribution in [0.2, 0.25) is 5.02 Å². The number of hydrogen-bond donors (Lipinski definition) is 1. The fourth-order valence-electron chi connectivity index (χ4n) is 2.42. The molecule has 1 aromatic carbocycles. The molecule has 1 atom stereocenters. The average molecular weight is 443 g/mol. The van der Waals surface area contributed by atoms with Crippen molar-refractivity contribution in [1.82, 2.24) is 9.71 Å². The van der Waals surface area contributed by atoms with E-state index in [0.29, 0.717) is 10.6 Å². The van der Waals surface area contributed by atoms with E-state index in [1.807, 2.05) is 0 Å². The van der Waals surface area contributed by atoms with Crippen molar-refractivity contribution in [2.24, 2.45) is 0 Å². The van der Waals surface area contributed by atoms with Crippen LogP contribution in [0.1, 0.15) is 10.8 Å². The summed E-state index contributed by atoms with van der Waals surface area (Å²) in [6, 6.07) is 12.0. The van der Waals surface area contributed by atoms with Gasteiger partial charge >= 0.3 is 0 Å². The van der Waals surface area contributed by atoms with Crippen LogP contribution in [0.15, 0.2) is 75.4 Å². The molecule has 0 aliphatic heterocycles. The SMILES string of the molecule is O=S(=O)(NC[C@H](c1cccnc1)S(=O)(=O)c1cccs1)c1ccc(Cl)cc1. The molecular weight excluding hydrogens is 428 g/mol. The van der Waals surface area contributed by atoms with E-state index in [4.69, 9.17) is 11.6 Å². The van der Waals surface area contributed by atoms with Crippen molar-refractivity contribution in [1.29, 1.82) is 0 Å². The summed E-state index contributed by atoms with van der Waals surface area (Å²) >= 11 is 6.87. The minimum absolute atomic E-state index is 0.00496. The normalized spacial score (nSPS) is 13.4. The monoisotopic (exact) mass is 442 g/mol. The first kappa shape index (κ1) is 20.0. The van der Waals surface area contributed by atoms with Crippen LogP contribution in [0.5, 0.6) is 0 Å². The molecule has 0 saturated heterocycles. The molecular formula is C17H15ClN2O4S3. The molecule has 2 aromatic heterocycles. The lowest BCUT2D eigenvalue weighted by atomic mass is 10.2. The molecule has 0 saturated carbocycles. The third kappa shape index (κ3) is 4.56. The molecule has 0 radical (unpaired) electrons. The second-order valence-electron chi connectivity index (χ2n) is 5.56. The highest BCUT2D eigenvalue weighted by Gasteiger charge is 2.31. The molecule has 1 N–H and O–H groups in total. The molecule has 0 aliphatic carbocycles. The Morgan fingerprint density at radius 1 is 1.04 bits per heavy atom. The Morgan fingerprint density at radius 3 is 2.37 bits per heavy atom. The number of aromatic nitrogens is 1. The number of nitrogens with zero attached hydrogens (tertiary/aromatic N) is 1. The number of rotatable bonds is 7. The van der Waals surface area contributed by atoms with Gasteiger partial charge < -0.3 is 0 Å². The van der Waals surface area contributed by atoms with Gasteiger partial charge in [-0.15, -0.1) is 11.3 Å². The first-order valence-electron chi connectivity index (χ1n) is 7.73. The standard InChI is InChI=1S/C17H15ClN2O4S3/c18-14-5-7-15(8-6-14)27(23,24)20-12-16(13-3-1-9-19-11-13)26(21,22)17-4-2-10-25-17/h1-11,16,20H,12H2/t16-/m1/s1. The number of thiophene rings is 1. The van der Waals surface area contributed by atoms with Gasteiger partial charge in [-0.1, -0.05) is 23.7 Å². The number of halogens is 1. The number of benzene rings is 1. The Kier molecular flexibility index (Phi) is 5.97. The first-order valence-corrected chi connectivity index (χ1v) is 12.0. The van der Waals surface area contributed by atoms with Gasteiger partial charge in [0, 0.05) is 24.0 Å². The average Bonchev–Trinajstić information content (AvgIpc) is 3.18. The zero-order chi connectivity index (χ0) is 19.5. The smallest absolute Gasteiger partial charge is 0.240 e. The molecule has 3 rings (SSSR count). The van der Waals surface area contributed by atoms with Crippen LogP contribution in [0.25, 0.3) is 0 Å². The number of pyridine rings is 1. The fourth-order valence-corrected chi connectivity index (χ4v) is 6.55. The van der Waals surface area contributed by atoms with E-state index in [-0.39, 0.29) is 15.6 Å². The van der Waals surface area contributed by atoms with Gasteiger partial charge in [-0.05, 0) is 47.3 Å². The Hall–Kier alpha value is -1.78. The van der Waals surface area contributed by atoms with Crippen molar-refractivity contribution in [3.8, 4) is 0 Å².